The van der Waals surface area contributed by atoms with Gasteiger partial charge in [-0.1, -0.05) is 47.5 Å². The van der Waals surface area contributed by atoms with E-state index in [2.05, 4.69) is 10.4 Å². The van der Waals surface area contributed by atoms with Gasteiger partial charge in [0.25, 0.3) is 5.91 Å². The molecule has 0 aliphatic heterocycles. The minimum absolute atomic E-state index is 0.0140. The minimum atomic E-state index is -0.737. The highest BCUT2D eigenvalue weighted by Gasteiger charge is 2.17. The molecule has 0 unspecified atom stereocenters. The first-order chi connectivity index (χ1) is 13.9. The van der Waals surface area contributed by atoms with Crippen LogP contribution in [0.15, 0.2) is 54.1 Å². The fourth-order valence-electron chi connectivity index (χ4n) is 2.64. The molecule has 1 amide bonds. The van der Waals surface area contributed by atoms with Crippen molar-refractivity contribution in [2.75, 3.05) is 5.32 Å². The molecule has 0 atom stereocenters. The Morgan fingerprint density at radius 1 is 1.24 bits per heavy atom. The van der Waals surface area contributed by atoms with E-state index in [0.29, 0.717) is 22.8 Å². The summed E-state index contributed by atoms with van der Waals surface area (Å²) in [5.74, 6) is -1.33. The van der Waals surface area contributed by atoms with Gasteiger partial charge in [-0.15, -0.1) is 0 Å². The minimum Gasteiger partial charge on any atom is -0.319 e. The van der Waals surface area contributed by atoms with Crippen molar-refractivity contribution < 1.29 is 9.18 Å². The number of nitriles is 1. The molecule has 1 aromatic heterocycles. The third-order valence-corrected chi connectivity index (χ3v) is 4.78. The smallest absolute Gasteiger partial charge is 0.266 e. The summed E-state index contributed by atoms with van der Waals surface area (Å²) in [5.41, 5.74) is 1.70. The average Bonchev–Trinajstić information content (AvgIpc) is 2.96. The van der Waals surface area contributed by atoms with Crippen molar-refractivity contribution in [2.45, 2.75) is 13.5 Å². The van der Waals surface area contributed by atoms with E-state index in [4.69, 9.17) is 23.2 Å². The molecule has 0 aliphatic carbocycles. The Bertz CT molecular complexity index is 1130. The highest BCUT2D eigenvalue weighted by Crippen LogP contribution is 2.24. The normalized spacial score (nSPS) is 11.2. The molecule has 3 aromatic rings. The van der Waals surface area contributed by atoms with Crippen LogP contribution in [0.25, 0.3) is 6.08 Å². The van der Waals surface area contributed by atoms with E-state index in [1.165, 1.54) is 24.3 Å². The van der Waals surface area contributed by atoms with Crippen LogP contribution in [-0.2, 0) is 11.3 Å². The molecule has 0 fully saturated rings. The lowest BCUT2D eigenvalue weighted by Gasteiger charge is -2.05. The summed E-state index contributed by atoms with van der Waals surface area (Å²) in [6.07, 6.45) is 1.35. The molecule has 1 N–H and O–H groups in total. The summed E-state index contributed by atoms with van der Waals surface area (Å²) in [6, 6.07) is 14.8. The maximum Gasteiger partial charge on any atom is 0.266 e. The molecular weight excluding hydrogens is 414 g/mol. The summed E-state index contributed by atoms with van der Waals surface area (Å²) in [7, 11) is 0. The molecule has 3 rings (SSSR count). The first kappa shape index (κ1) is 20.6. The lowest BCUT2D eigenvalue weighted by Crippen LogP contribution is -2.14. The van der Waals surface area contributed by atoms with Gasteiger partial charge in [-0.25, -0.2) is 9.07 Å². The van der Waals surface area contributed by atoms with Gasteiger partial charge in [-0.3, -0.25) is 4.79 Å². The number of hydrogen-bond acceptors (Lipinski definition) is 3. The summed E-state index contributed by atoms with van der Waals surface area (Å²) in [5, 5.41) is 17.1. The first-order valence-electron chi connectivity index (χ1n) is 8.54. The zero-order valence-electron chi connectivity index (χ0n) is 15.3. The second-order valence-electron chi connectivity index (χ2n) is 6.18. The van der Waals surface area contributed by atoms with Crippen LogP contribution in [0, 0.1) is 24.1 Å². The number of hydrogen-bond donors (Lipinski definition) is 1. The zero-order chi connectivity index (χ0) is 21.0. The lowest BCUT2D eigenvalue weighted by molar-refractivity contribution is -0.112. The highest BCUT2D eigenvalue weighted by atomic mass is 35.5. The SMILES string of the molecule is Cc1nn(Cc2ccc(Cl)cc2)c(Cl)c1/C=C(\C#N)C(=O)Nc1ccccc1F. The van der Waals surface area contributed by atoms with Crippen molar-refractivity contribution in [3.63, 3.8) is 0 Å². The van der Waals surface area contributed by atoms with E-state index in [-0.39, 0.29) is 16.4 Å². The van der Waals surface area contributed by atoms with Crippen molar-refractivity contribution in [2.24, 2.45) is 0 Å². The van der Waals surface area contributed by atoms with Gasteiger partial charge in [0.2, 0.25) is 0 Å². The van der Waals surface area contributed by atoms with Gasteiger partial charge < -0.3 is 5.32 Å². The number of para-hydroxylation sites is 1. The third kappa shape index (κ3) is 4.83. The molecule has 0 aliphatic rings. The van der Waals surface area contributed by atoms with Gasteiger partial charge in [-0.05, 0) is 42.8 Å². The van der Waals surface area contributed by atoms with Gasteiger partial charge in [0.1, 0.15) is 22.6 Å². The van der Waals surface area contributed by atoms with Crippen LogP contribution < -0.4 is 5.32 Å². The Morgan fingerprint density at radius 2 is 1.93 bits per heavy atom. The predicted molar refractivity (Wildman–Crippen MR) is 111 cm³/mol. The molecule has 5 nitrogen and oxygen atoms in total. The zero-order valence-corrected chi connectivity index (χ0v) is 16.8. The lowest BCUT2D eigenvalue weighted by atomic mass is 10.1. The number of carbonyl (C=O) groups is 1. The molecule has 0 spiro atoms. The van der Waals surface area contributed by atoms with Gasteiger partial charge in [0.05, 0.1) is 17.9 Å². The number of halogens is 3. The second kappa shape index (κ2) is 8.91. The van der Waals surface area contributed by atoms with Crippen molar-refractivity contribution in [3.8, 4) is 6.07 Å². The fourth-order valence-corrected chi connectivity index (χ4v) is 3.06. The van der Waals surface area contributed by atoms with E-state index in [9.17, 15) is 14.4 Å². The van der Waals surface area contributed by atoms with Crippen LogP contribution >= 0.6 is 23.2 Å². The molecule has 2 aromatic carbocycles. The molecule has 29 heavy (non-hydrogen) atoms. The quantitative estimate of drug-likeness (QED) is 0.446. The Kier molecular flexibility index (Phi) is 6.32. The molecule has 8 heteroatoms. The number of carbonyl (C=O) groups excluding carboxylic acids is 1. The molecule has 0 radical (unpaired) electrons. The average molecular weight is 429 g/mol. The van der Waals surface area contributed by atoms with Crippen LogP contribution in [0.3, 0.4) is 0 Å². The molecule has 0 saturated heterocycles. The number of nitrogens with zero attached hydrogens (tertiary/aromatic N) is 3. The van der Waals surface area contributed by atoms with Crippen LogP contribution in [0.1, 0.15) is 16.8 Å². The number of rotatable bonds is 5. The summed E-state index contributed by atoms with van der Waals surface area (Å²) in [6.45, 7) is 2.12. The largest absolute Gasteiger partial charge is 0.319 e. The fraction of sp³-hybridized carbons (Fsp3) is 0.0952. The van der Waals surface area contributed by atoms with Crippen molar-refractivity contribution in [1.29, 1.82) is 5.26 Å². The second-order valence-corrected chi connectivity index (χ2v) is 6.97. The van der Waals surface area contributed by atoms with E-state index >= 15 is 0 Å². The molecular formula is C21H15Cl2FN4O. The number of anilines is 1. The number of amides is 1. The Morgan fingerprint density at radius 3 is 2.59 bits per heavy atom. The Hall–Kier alpha value is -3.14. The summed E-state index contributed by atoms with van der Waals surface area (Å²) >= 11 is 12.3. The number of benzene rings is 2. The van der Waals surface area contributed by atoms with Crippen LogP contribution in [0.5, 0.6) is 0 Å². The summed E-state index contributed by atoms with van der Waals surface area (Å²) < 4.78 is 15.3. The highest BCUT2D eigenvalue weighted by molar-refractivity contribution is 6.31. The third-order valence-electron chi connectivity index (χ3n) is 4.13. The van der Waals surface area contributed by atoms with E-state index in [1.54, 1.807) is 29.8 Å². The van der Waals surface area contributed by atoms with E-state index < -0.39 is 11.7 Å². The number of aryl methyl sites for hydroxylation is 1. The van der Waals surface area contributed by atoms with Crippen molar-refractivity contribution >= 4 is 40.9 Å². The first-order valence-corrected chi connectivity index (χ1v) is 9.29. The van der Waals surface area contributed by atoms with Crippen LogP contribution in [0.2, 0.25) is 10.2 Å². The van der Waals surface area contributed by atoms with Gasteiger partial charge in [0, 0.05) is 10.6 Å². The summed E-state index contributed by atoms with van der Waals surface area (Å²) in [4.78, 5) is 12.4. The Labute approximate surface area is 177 Å². The van der Waals surface area contributed by atoms with Crippen LogP contribution in [0.4, 0.5) is 10.1 Å². The monoisotopic (exact) mass is 428 g/mol. The topological polar surface area (TPSA) is 70.7 Å². The van der Waals surface area contributed by atoms with E-state index in [1.807, 2.05) is 18.2 Å². The number of aromatic nitrogens is 2. The molecule has 146 valence electrons. The maximum atomic E-state index is 13.7. The van der Waals surface area contributed by atoms with Crippen molar-refractivity contribution in [3.05, 3.63) is 86.9 Å². The van der Waals surface area contributed by atoms with E-state index in [0.717, 1.165) is 5.56 Å². The number of nitrogens with one attached hydrogen (secondary N) is 1. The van der Waals surface area contributed by atoms with Gasteiger partial charge in [-0.2, -0.15) is 10.4 Å². The van der Waals surface area contributed by atoms with Gasteiger partial charge >= 0.3 is 0 Å². The molecule has 0 saturated carbocycles. The molecule has 0 bridgehead atoms. The van der Waals surface area contributed by atoms with Gasteiger partial charge in [0.15, 0.2) is 0 Å². The van der Waals surface area contributed by atoms with Crippen molar-refractivity contribution in [1.82, 2.24) is 9.78 Å². The predicted octanol–water partition coefficient (Wildman–Crippen LogP) is 5.23. The Balaban J connectivity index is 1.86. The van der Waals surface area contributed by atoms with Crippen LogP contribution in [-0.4, -0.2) is 15.7 Å². The standard InChI is InChI=1S/C21H15Cl2FN4O/c1-13-17(20(23)28(27-13)12-14-6-8-16(22)9-7-14)10-15(11-25)21(29)26-19-5-3-2-4-18(19)24/h2-10H,12H2,1H3,(H,26,29)/b15-10+. The molecule has 1 heterocycles. The maximum absolute atomic E-state index is 13.7.